The number of carbonyl (C=O) groups excluding carboxylic acids is 1. The van der Waals surface area contributed by atoms with E-state index < -0.39 is 15.9 Å². The second kappa shape index (κ2) is 8.76. The van der Waals surface area contributed by atoms with Crippen LogP contribution in [-0.4, -0.2) is 57.3 Å². The molecule has 3 aromatic heterocycles. The minimum absolute atomic E-state index is 0.0145. The lowest BCUT2D eigenvalue weighted by Gasteiger charge is -2.38. The summed E-state index contributed by atoms with van der Waals surface area (Å²) in [6.45, 7) is 0. The maximum atomic E-state index is 14.2. The van der Waals surface area contributed by atoms with E-state index in [-0.39, 0.29) is 34.5 Å². The molecule has 2 saturated heterocycles. The zero-order valence-electron chi connectivity index (χ0n) is 20.6. The van der Waals surface area contributed by atoms with Gasteiger partial charge in [0.1, 0.15) is 16.5 Å². The number of anilines is 1. The van der Waals surface area contributed by atoms with Crippen LogP contribution in [0.2, 0.25) is 0 Å². The van der Waals surface area contributed by atoms with Crippen molar-refractivity contribution in [3.05, 3.63) is 60.3 Å². The Balaban J connectivity index is 1.45. The molecule has 1 unspecified atom stereocenters. The predicted octanol–water partition coefficient (Wildman–Crippen LogP) is 3.37. The van der Waals surface area contributed by atoms with Crippen LogP contribution in [0.5, 0.6) is 0 Å². The van der Waals surface area contributed by atoms with Gasteiger partial charge in [0.15, 0.2) is 15.5 Å². The van der Waals surface area contributed by atoms with E-state index in [4.69, 9.17) is 16.5 Å². The Labute approximate surface area is 218 Å². The van der Waals surface area contributed by atoms with Gasteiger partial charge < -0.3 is 16.4 Å². The van der Waals surface area contributed by atoms with Crippen LogP contribution in [0.1, 0.15) is 37.3 Å². The average molecular weight is 536 g/mol. The lowest BCUT2D eigenvalue weighted by atomic mass is 9.88. The number of pyridine rings is 1. The van der Waals surface area contributed by atoms with Crippen LogP contribution in [0.25, 0.3) is 28.0 Å². The quantitative estimate of drug-likeness (QED) is 0.407. The van der Waals surface area contributed by atoms with Gasteiger partial charge in [-0.1, -0.05) is 18.2 Å². The highest BCUT2D eigenvalue weighted by atomic mass is 32.2. The van der Waals surface area contributed by atoms with Gasteiger partial charge in [0.25, 0.3) is 0 Å². The fourth-order valence-electron chi connectivity index (χ4n) is 6.02. The van der Waals surface area contributed by atoms with E-state index in [2.05, 4.69) is 10.1 Å². The number of halogens is 1. The third kappa shape index (κ3) is 3.87. The first-order valence-corrected chi connectivity index (χ1v) is 14.2. The van der Waals surface area contributed by atoms with Crippen LogP contribution in [0.3, 0.4) is 0 Å². The van der Waals surface area contributed by atoms with E-state index in [9.17, 15) is 17.6 Å². The minimum Gasteiger partial charge on any atom is -0.382 e. The average Bonchev–Trinajstić information content (AvgIpc) is 3.42. The first kappa shape index (κ1) is 24.3. The van der Waals surface area contributed by atoms with Crippen molar-refractivity contribution in [2.45, 2.75) is 48.6 Å². The Morgan fingerprint density at radius 1 is 1.05 bits per heavy atom. The largest absolute Gasteiger partial charge is 0.382 e. The number of nitrogens with two attached hydrogens (primary N) is 2. The molecule has 0 spiro atoms. The number of fused-ring (bicyclic) bond motifs is 3. The minimum atomic E-state index is -3.75. The van der Waals surface area contributed by atoms with E-state index >= 15 is 0 Å². The molecule has 2 fully saturated rings. The number of piperidine rings is 1. The first-order chi connectivity index (χ1) is 18.1. The summed E-state index contributed by atoms with van der Waals surface area (Å²) >= 11 is 0. The van der Waals surface area contributed by atoms with Crippen LogP contribution in [0.15, 0.2) is 53.7 Å². The van der Waals surface area contributed by atoms with Crippen molar-refractivity contribution >= 4 is 27.3 Å². The van der Waals surface area contributed by atoms with Gasteiger partial charge in [0.05, 0.1) is 17.6 Å². The molecule has 2 aliphatic heterocycles. The molecule has 0 saturated carbocycles. The third-order valence-corrected chi connectivity index (χ3v) is 8.79. The van der Waals surface area contributed by atoms with Crippen molar-refractivity contribution < 1.29 is 17.6 Å². The number of primary amides is 1. The zero-order chi connectivity index (χ0) is 26.8. The van der Waals surface area contributed by atoms with Gasteiger partial charge in [-0.05, 0) is 43.9 Å². The zero-order valence-corrected chi connectivity index (χ0v) is 21.4. The molecule has 1 aromatic carbocycles. The molecule has 0 radical (unpaired) electrons. The lowest BCUT2D eigenvalue weighted by Crippen LogP contribution is -2.48. The molecule has 196 valence electrons. The van der Waals surface area contributed by atoms with Crippen LogP contribution in [0, 0.1) is 5.82 Å². The van der Waals surface area contributed by atoms with E-state index in [0.717, 1.165) is 19.1 Å². The Hall–Kier alpha value is -4.06. The molecule has 6 rings (SSSR count). The number of hydrogen-bond donors (Lipinski definition) is 2. The molecule has 2 amide bonds. The van der Waals surface area contributed by atoms with Crippen LogP contribution < -0.4 is 11.5 Å². The Morgan fingerprint density at radius 2 is 1.76 bits per heavy atom. The highest BCUT2D eigenvalue weighted by molar-refractivity contribution is 7.91. The SMILES string of the molecule is CS(=O)(=O)c1c(C2C[C@H]3CC[C@@H](C2)N3C(N)=O)nc2c(-c3ccc(-c4ccccc4F)nc3)cnn2c1N. The van der Waals surface area contributed by atoms with E-state index in [1.807, 2.05) is 0 Å². The molecular formula is C26H26FN7O3S. The molecule has 2 bridgehead atoms. The van der Waals surface area contributed by atoms with Crippen molar-refractivity contribution in [1.29, 1.82) is 0 Å². The van der Waals surface area contributed by atoms with Crippen molar-refractivity contribution in [3.63, 3.8) is 0 Å². The number of aromatic nitrogens is 4. The van der Waals surface area contributed by atoms with Gasteiger partial charge in [-0.2, -0.15) is 9.61 Å². The first-order valence-electron chi connectivity index (χ1n) is 12.3. The van der Waals surface area contributed by atoms with Gasteiger partial charge in [-0.15, -0.1) is 0 Å². The number of carbonyl (C=O) groups is 1. The summed E-state index contributed by atoms with van der Waals surface area (Å²) in [4.78, 5) is 22.9. The van der Waals surface area contributed by atoms with Crippen LogP contribution in [0.4, 0.5) is 15.0 Å². The lowest BCUT2D eigenvalue weighted by molar-refractivity contribution is 0.144. The number of sulfone groups is 1. The summed E-state index contributed by atoms with van der Waals surface area (Å²) in [7, 11) is -3.75. The van der Waals surface area contributed by atoms with Crippen molar-refractivity contribution in [2.75, 3.05) is 12.0 Å². The topological polar surface area (TPSA) is 150 Å². The second-order valence-electron chi connectivity index (χ2n) is 9.99. The number of nitrogen functional groups attached to an aromatic ring is 1. The number of rotatable bonds is 4. The Morgan fingerprint density at radius 3 is 2.37 bits per heavy atom. The monoisotopic (exact) mass is 535 g/mol. The highest BCUT2D eigenvalue weighted by Gasteiger charge is 2.44. The van der Waals surface area contributed by atoms with Crippen molar-refractivity contribution in [2.24, 2.45) is 5.73 Å². The van der Waals surface area contributed by atoms with Crippen LogP contribution >= 0.6 is 0 Å². The standard InChI is InChI=1S/C26H26FN7O3S/c1-38(36,37)23-22(15-10-16-7-8-17(11-15)33(16)26(29)35)32-25-19(13-31-34(25)24(23)28)14-6-9-21(30-12-14)18-4-2-3-5-20(18)27/h2-6,9,12-13,15-17H,7-8,10-11,28H2,1H3,(H2,29,35)/t15?,16-,17+. The maximum absolute atomic E-state index is 14.2. The normalized spacial score (nSPS) is 21.2. The summed E-state index contributed by atoms with van der Waals surface area (Å²) in [5.41, 5.74) is 15.0. The van der Waals surface area contributed by atoms with Crippen molar-refractivity contribution in [1.82, 2.24) is 24.5 Å². The molecule has 2 aliphatic rings. The Bertz CT molecular complexity index is 1670. The molecule has 3 atom stereocenters. The van der Waals surface area contributed by atoms with Gasteiger partial charge in [-0.3, -0.25) is 4.98 Å². The maximum Gasteiger partial charge on any atom is 0.315 e. The summed E-state index contributed by atoms with van der Waals surface area (Å²) in [6, 6.07) is 9.31. The van der Waals surface area contributed by atoms with Gasteiger partial charge in [0.2, 0.25) is 0 Å². The van der Waals surface area contributed by atoms with E-state index in [1.165, 1.54) is 10.6 Å². The molecule has 5 heterocycles. The number of benzene rings is 1. The third-order valence-electron chi connectivity index (χ3n) is 7.63. The smallest absolute Gasteiger partial charge is 0.315 e. The number of urea groups is 1. The number of hydrogen-bond acceptors (Lipinski definition) is 7. The van der Waals surface area contributed by atoms with E-state index in [0.29, 0.717) is 46.6 Å². The second-order valence-corrected chi connectivity index (χ2v) is 11.9. The van der Waals surface area contributed by atoms with Crippen molar-refractivity contribution in [3.8, 4) is 22.4 Å². The van der Waals surface area contributed by atoms with Gasteiger partial charge >= 0.3 is 6.03 Å². The fourth-order valence-corrected chi connectivity index (χ4v) is 7.08. The summed E-state index contributed by atoms with van der Waals surface area (Å²) < 4.78 is 41.4. The molecule has 38 heavy (non-hydrogen) atoms. The van der Waals surface area contributed by atoms with Gasteiger partial charge in [-0.25, -0.2) is 22.6 Å². The molecule has 4 N–H and O–H groups in total. The molecule has 10 nitrogen and oxygen atoms in total. The predicted molar refractivity (Wildman–Crippen MR) is 139 cm³/mol. The molecule has 0 aliphatic carbocycles. The van der Waals surface area contributed by atoms with E-state index in [1.54, 1.807) is 47.6 Å². The summed E-state index contributed by atoms with van der Waals surface area (Å²) in [5.74, 6) is -0.601. The highest BCUT2D eigenvalue weighted by Crippen LogP contribution is 2.45. The number of nitrogens with zero attached hydrogens (tertiary/aromatic N) is 5. The van der Waals surface area contributed by atoms with Crippen LogP contribution in [-0.2, 0) is 9.84 Å². The molecule has 4 aromatic rings. The Kier molecular flexibility index (Phi) is 5.60. The molecule has 12 heteroatoms. The summed E-state index contributed by atoms with van der Waals surface area (Å²) in [6.07, 6.45) is 7.00. The number of amides is 2. The molecular weight excluding hydrogens is 509 g/mol. The van der Waals surface area contributed by atoms with Gasteiger partial charge in [0, 0.05) is 47.1 Å². The fraction of sp³-hybridized carbons (Fsp3) is 0.308. The summed E-state index contributed by atoms with van der Waals surface area (Å²) in [5, 5.41) is 4.33.